The largest absolute Gasteiger partial charge is 0.497 e. The number of aliphatic hydroxyl groups is 2. The molecule has 48 heavy (non-hydrogen) atoms. The molecule has 0 radical (unpaired) electrons. The van der Waals surface area contributed by atoms with Crippen molar-refractivity contribution in [2.45, 2.75) is 57.3 Å². The van der Waals surface area contributed by atoms with Gasteiger partial charge in [-0.15, -0.1) is 0 Å². The van der Waals surface area contributed by atoms with Crippen molar-refractivity contribution in [1.82, 2.24) is 10.2 Å². The fourth-order valence-electron chi connectivity index (χ4n) is 7.13. The number of aliphatic hydroxyl groups excluding tert-OH is 1. The average Bonchev–Trinajstić information content (AvgIpc) is 3.33. The third-order valence-electron chi connectivity index (χ3n) is 9.94. The molecule has 10 nitrogen and oxygen atoms in total. The Bertz CT molecular complexity index is 1700. The molecule has 1 fully saturated rings. The molecule has 0 bridgehead atoms. The molecule has 3 aliphatic heterocycles. The van der Waals surface area contributed by atoms with Crippen LogP contribution < -0.4 is 20.3 Å². The highest BCUT2D eigenvalue weighted by Gasteiger charge is 2.52. The Kier molecular flexibility index (Phi) is 9.96. The summed E-state index contributed by atoms with van der Waals surface area (Å²) >= 11 is 0. The van der Waals surface area contributed by atoms with Gasteiger partial charge < -0.3 is 35.4 Å². The Morgan fingerprint density at radius 2 is 1.94 bits per heavy atom. The zero-order chi connectivity index (χ0) is 33.8. The van der Waals surface area contributed by atoms with E-state index in [1.165, 1.54) is 7.11 Å². The molecule has 4 atom stereocenters. The Balaban J connectivity index is 1.18. The van der Waals surface area contributed by atoms with E-state index in [4.69, 9.17) is 4.74 Å². The van der Waals surface area contributed by atoms with Gasteiger partial charge in [0.25, 0.3) is 5.91 Å². The van der Waals surface area contributed by atoms with E-state index >= 15 is 0 Å². The van der Waals surface area contributed by atoms with Crippen molar-refractivity contribution in [3.63, 3.8) is 0 Å². The summed E-state index contributed by atoms with van der Waals surface area (Å²) in [6.45, 7) is 3.82. The fraction of sp³-hybridized carbons (Fsp3) is 0.395. The number of fused-ring (bicyclic) bond motifs is 2. The van der Waals surface area contributed by atoms with Crippen molar-refractivity contribution in [1.29, 1.82) is 0 Å². The van der Waals surface area contributed by atoms with Crippen LogP contribution in [0.25, 0.3) is 0 Å². The van der Waals surface area contributed by atoms with E-state index in [-0.39, 0.29) is 43.3 Å². The number of piperidine rings is 1. The van der Waals surface area contributed by atoms with Crippen LogP contribution in [0.5, 0.6) is 5.75 Å². The lowest BCUT2D eigenvalue weighted by atomic mass is 9.82. The summed E-state index contributed by atoms with van der Waals surface area (Å²) in [4.78, 5) is 43.6. The van der Waals surface area contributed by atoms with E-state index in [9.17, 15) is 24.6 Å². The second-order valence-electron chi connectivity index (χ2n) is 13.0. The molecule has 252 valence electrons. The molecule has 1 unspecified atom stereocenters. The fourth-order valence-corrected chi connectivity index (χ4v) is 7.13. The first-order valence-corrected chi connectivity index (χ1v) is 16.7. The highest BCUT2D eigenvalue weighted by atomic mass is 16.5. The number of amides is 3. The Morgan fingerprint density at radius 3 is 2.69 bits per heavy atom. The summed E-state index contributed by atoms with van der Waals surface area (Å²) in [5, 5.41) is 28.5. The number of hydrogen-bond donors (Lipinski definition) is 4. The van der Waals surface area contributed by atoms with Crippen LogP contribution in [0.15, 0.2) is 78.9 Å². The second-order valence-corrected chi connectivity index (χ2v) is 13.0. The standard InChI is InChI=1S/C38H44N4O6/c1-25(8-5-14-35(44)41-23-29-11-4-3-10-27(29)19-31(41)24-43)38(47)33-20-32(48-2)15-16-34(33)42(37(38)46)22-26-9-6-13-30(18-26)40-36(45)28-12-7-17-39-21-28/h3-6,8-11,13,15-16,18,20,25,28,31,39,43,47H,7,12,14,17,19,21-24H2,1-2H3,(H,40,45)/b8-5+/t25-,28?,31+,38+/m1/s1. The number of nitrogens with one attached hydrogen (secondary N) is 2. The van der Waals surface area contributed by atoms with Crippen LogP contribution in [0.3, 0.4) is 0 Å². The first kappa shape index (κ1) is 33.4. The number of rotatable bonds is 10. The third-order valence-corrected chi connectivity index (χ3v) is 9.94. The summed E-state index contributed by atoms with van der Waals surface area (Å²) in [6, 6.07) is 20.3. The zero-order valence-electron chi connectivity index (χ0n) is 27.5. The third kappa shape index (κ3) is 6.60. The van der Waals surface area contributed by atoms with Gasteiger partial charge in [-0.25, -0.2) is 0 Å². The van der Waals surface area contributed by atoms with Gasteiger partial charge in [-0.2, -0.15) is 0 Å². The number of carbonyl (C=O) groups excluding carboxylic acids is 3. The van der Waals surface area contributed by atoms with Crippen molar-refractivity contribution in [2.75, 3.05) is 37.0 Å². The Hall–Kier alpha value is -4.51. The van der Waals surface area contributed by atoms with Gasteiger partial charge in [0.05, 0.1) is 37.9 Å². The predicted octanol–water partition coefficient (Wildman–Crippen LogP) is 3.90. The van der Waals surface area contributed by atoms with Crippen LogP contribution >= 0.6 is 0 Å². The molecule has 0 aromatic heterocycles. The highest BCUT2D eigenvalue weighted by molar-refractivity contribution is 6.07. The molecule has 10 heteroatoms. The van der Waals surface area contributed by atoms with Crippen LogP contribution in [0, 0.1) is 11.8 Å². The molecule has 0 spiro atoms. The molecule has 3 amide bonds. The van der Waals surface area contributed by atoms with E-state index in [2.05, 4.69) is 10.6 Å². The Morgan fingerprint density at radius 1 is 1.12 bits per heavy atom. The smallest absolute Gasteiger partial charge is 0.264 e. The zero-order valence-corrected chi connectivity index (χ0v) is 27.5. The number of ether oxygens (including phenoxy) is 1. The molecular weight excluding hydrogens is 608 g/mol. The van der Waals surface area contributed by atoms with Crippen molar-refractivity contribution >= 4 is 29.1 Å². The first-order chi connectivity index (χ1) is 23.2. The summed E-state index contributed by atoms with van der Waals surface area (Å²) < 4.78 is 5.46. The molecule has 3 aromatic carbocycles. The number of carbonyl (C=O) groups is 3. The van der Waals surface area contributed by atoms with E-state index in [1.807, 2.05) is 48.5 Å². The summed E-state index contributed by atoms with van der Waals surface area (Å²) in [5.41, 5.74) is 2.75. The first-order valence-electron chi connectivity index (χ1n) is 16.7. The summed E-state index contributed by atoms with van der Waals surface area (Å²) in [5.74, 6) is -0.900. The lowest BCUT2D eigenvalue weighted by Crippen LogP contribution is -2.46. The quantitative estimate of drug-likeness (QED) is 0.245. The van der Waals surface area contributed by atoms with Crippen molar-refractivity contribution < 1.29 is 29.3 Å². The molecule has 3 aliphatic rings. The maximum atomic E-state index is 14.2. The maximum absolute atomic E-state index is 14.2. The minimum Gasteiger partial charge on any atom is -0.497 e. The average molecular weight is 653 g/mol. The molecule has 4 N–H and O–H groups in total. The topological polar surface area (TPSA) is 131 Å². The van der Waals surface area contributed by atoms with Crippen LogP contribution in [0.1, 0.15) is 48.4 Å². The molecule has 1 saturated heterocycles. The van der Waals surface area contributed by atoms with Gasteiger partial charge in [0.1, 0.15) is 5.75 Å². The van der Waals surface area contributed by atoms with Gasteiger partial charge in [0, 0.05) is 36.7 Å². The second kappa shape index (κ2) is 14.3. The number of benzene rings is 3. The van der Waals surface area contributed by atoms with Crippen LogP contribution in [0.4, 0.5) is 11.4 Å². The van der Waals surface area contributed by atoms with Crippen molar-refractivity contribution in [3.05, 3.63) is 101 Å². The van der Waals surface area contributed by atoms with Gasteiger partial charge in [-0.3, -0.25) is 14.4 Å². The van der Waals surface area contributed by atoms with E-state index < -0.39 is 17.4 Å². The minimum atomic E-state index is -1.90. The van der Waals surface area contributed by atoms with Gasteiger partial charge in [0.15, 0.2) is 5.60 Å². The van der Waals surface area contributed by atoms with E-state index in [0.717, 1.165) is 36.1 Å². The van der Waals surface area contributed by atoms with Crippen LogP contribution in [-0.2, 0) is 39.5 Å². The normalized spacial score (nSPS) is 22.7. The van der Waals surface area contributed by atoms with Gasteiger partial charge in [-0.05, 0) is 72.8 Å². The maximum Gasteiger partial charge on any atom is 0.264 e. The van der Waals surface area contributed by atoms with Crippen molar-refractivity contribution in [2.24, 2.45) is 11.8 Å². The van der Waals surface area contributed by atoms with Crippen molar-refractivity contribution in [3.8, 4) is 5.75 Å². The molecule has 0 aliphatic carbocycles. The SMILES string of the molecule is COc1ccc2c(c1)[C@@](O)([C@H](C)/C=C/CC(=O)N1Cc3ccccc3C[C@H]1CO)C(=O)N2Cc1cccc(NC(=O)C2CCCNC2)c1. The van der Waals surface area contributed by atoms with Gasteiger partial charge in [-0.1, -0.05) is 55.5 Å². The van der Waals surface area contributed by atoms with E-state index in [0.29, 0.717) is 42.2 Å². The lowest BCUT2D eigenvalue weighted by Gasteiger charge is -2.36. The monoisotopic (exact) mass is 652 g/mol. The minimum absolute atomic E-state index is 0.0282. The molecule has 3 heterocycles. The molecular formula is C38H44N4O6. The summed E-state index contributed by atoms with van der Waals surface area (Å²) in [6.07, 6.45) is 5.88. The van der Waals surface area contributed by atoms with Crippen LogP contribution in [0.2, 0.25) is 0 Å². The summed E-state index contributed by atoms with van der Waals surface area (Å²) in [7, 11) is 1.53. The highest BCUT2D eigenvalue weighted by Crippen LogP contribution is 2.47. The van der Waals surface area contributed by atoms with E-state index in [1.54, 1.807) is 47.1 Å². The number of nitrogens with zero attached hydrogens (tertiary/aromatic N) is 2. The number of anilines is 2. The molecule has 0 saturated carbocycles. The van der Waals surface area contributed by atoms with Crippen LogP contribution in [-0.4, -0.2) is 65.7 Å². The van der Waals surface area contributed by atoms with Gasteiger partial charge >= 0.3 is 0 Å². The molecule has 6 rings (SSSR count). The number of hydrogen-bond acceptors (Lipinski definition) is 7. The Labute approximate surface area is 281 Å². The molecule has 3 aromatic rings. The van der Waals surface area contributed by atoms with Gasteiger partial charge in [0.2, 0.25) is 11.8 Å². The predicted molar refractivity (Wildman–Crippen MR) is 183 cm³/mol. The number of methoxy groups -OCH3 is 1. The lowest BCUT2D eigenvalue weighted by molar-refractivity contribution is -0.139.